The summed E-state index contributed by atoms with van der Waals surface area (Å²) in [6, 6.07) is 0. The Hall–Kier alpha value is -1.31. The van der Waals surface area contributed by atoms with E-state index in [2.05, 4.69) is 53.9 Å². The molecule has 1 aromatic rings. The number of rotatable bonds is 4. The summed E-state index contributed by atoms with van der Waals surface area (Å²) in [7, 11) is 0. The van der Waals surface area contributed by atoms with E-state index >= 15 is 0 Å². The van der Waals surface area contributed by atoms with Gasteiger partial charge in [-0.3, -0.25) is 0 Å². The molecule has 0 saturated heterocycles. The Morgan fingerprint density at radius 2 is 2.31 bits per heavy atom. The number of hydrogen-bond donors (Lipinski definition) is 0. The zero-order valence-electron chi connectivity index (χ0n) is 10.2. The van der Waals surface area contributed by atoms with Crippen molar-refractivity contribution in [3.63, 3.8) is 0 Å². The van der Waals surface area contributed by atoms with Crippen molar-refractivity contribution in [2.75, 3.05) is 0 Å². The summed E-state index contributed by atoms with van der Waals surface area (Å²) in [4.78, 5) is 4.67. The van der Waals surface area contributed by atoms with Crippen molar-refractivity contribution in [2.45, 2.75) is 45.6 Å². The molecule has 1 aliphatic carbocycles. The first-order valence-electron chi connectivity index (χ1n) is 6.18. The zero-order valence-corrected chi connectivity index (χ0v) is 10.2. The van der Waals surface area contributed by atoms with Crippen molar-refractivity contribution in [3.8, 4) is 0 Å². The SMILES string of the molecule is CCCCn1cc(C)nc1C1C=CC=CC1. The van der Waals surface area contributed by atoms with Crippen LogP contribution in [0.5, 0.6) is 0 Å². The van der Waals surface area contributed by atoms with Gasteiger partial charge in [-0.05, 0) is 19.8 Å². The van der Waals surface area contributed by atoms with Crippen LogP contribution in [0.15, 0.2) is 30.5 Å². The molecule has 0 spiro atoms. The lowest BCUT2D eigenvalue weighted by Crippen LogP contribution is -2.08. The molecule has 1 aliphatic rings. The average Bonchev–Trinajstić information content (AvgIpc) is 2.69. The van der Waals surface area contributed by atoms with E-state index in [4.69, 9.17) is 0 Å². The maximum atomic E-state index is 4.67. The third-order valence-electron chi connectivity index (χ3n) is 2.99. The number of hydrogen-bond acceptors (Lipinski definition) is 1. The first kappa shape index (κ1) is 11.2. The lowest BCUT2D eigenvalue weighted by molar-refractivity contribution is 0.584. The quantitative estimate of drug-likeness (QED) is 0.752. The Labute approximate surface area is 97.7 Å². The molecule has 0 amide bonds. The van der Waals surface area contributed by atoms with Crippen LogP contribution < -0.4 is 0 Å². The second-order valence-corrected chi connectivity index (χ2v) is 4.44. The summed E-state index contributed by atoms with van der Waals surface area (Å²) >= 11 is 0. The fourth-order valence-corrected chi connectivity index (χ4v) is 2.14. The molecule has 86 valence electrons. The van der Waals surface area contributed by atoms with Crippen LogP contribution in [0.3, 0.4) is 0 Å². The zero-order chi connectivity index (χ0) is 11.4. The predicted molar refractivity (Wildman–Crippen MR) is 67.5 cm³/mol. The van der Waals surface area contributed by atoms with Gasteiger partial charge in [0.25, 0.3) is 0 Å². The van der Waals surface area contributed by atoms with Gasteiger partial charge in [0, 0.05) is 18.7 Å². The van der Waals surface area contributed by atoms with Gasteiger partial charge >= 0.3 is 0 Å². The van der Waals surface area contributed by atoms with Gasteiger partial charge in [0.1, 0.15) is 5.82 Å². The second-order valence-electron chi connectivity index (χ2n) is 4.44. The first-order chi connectivity index (χ1) is 7.81. The molecular weight excluding hydrogens is 196 g/mol. The molecule has 0 bridgehead atoms. The van der Waals surface area contributed by atoms with Crippen LogP contribution in [0.1, 0.15) is 43.6 Å². The number of aromatic nitrogens is 2. The van der Waals surface area contributed by atoms with Gasteiger partial charge in [0.15, 0.2) is 0 Å². The van der Waals surface area contributed by atoms with Gasteiger partial charge in [0.05, 0.1) is 5.69 Å². The highest BCUT2D eigenvalue weighted by atomic mass is 15.1. The van der Waals surface area contributed by atoms with E-state index in [0.29, 0.717) is 5.92 Å². The van der Waals surface area contributed by atoms with E-state index in [1.807, 2.05) is 0 Å². The van der Waals surface area contributed by atoms with E-state index < -0.39 is 0 Å². The van der Waals surface area contributed by atoms with Crippen LogP contribution in [0.4, 0.5) is 0 Å². The number of nitrogens with zero attached hydrogens (tertiary/aromatic N) is 2. The lowest BCUT2D eigenvalue weighted by atomic mass is 10.00. The molecule has 0 N–H and O–H groups in total. The molecule has 1 atom stereocenters. The molecular formula is C14H20N2. The molecule has 2 heteroatoms. The van der Waals surface area contributed by atoms with Crippen LogP contribution in [0.25, 0.3) is 0 Å². The van der Waals surface area contributed by atoms with E-state index in [9.17, 15) is 0 Å². The summed E-state index contributed by atoms with van der Waals surface area (Å²) in [6.07, 6.45) is 14.4. The van der Waals surface area contributed by atoms with Crippen LogP contribution in [0, 0.1) is 6.92 Å². The largest absolute Gasteiger partial charge is 0.334 e. The summed E-state index contributed by atoms with van der Waals surface area (Å²) in [5.41, 5.74) is 1.13. The smallest absolute Gasteiger partial charge is 0.116 e. The summed E-state index contributed by atoms with van der Waals surface area (Å²) < 4.78 is 2.33. The number of imidazole rings is 1. The average molecular weight is 216 g/mol. The number of unbranched alkanes of at least 4 members (excludes halogenated alkanes) is 1. The minimum atomic E-state index is 0.468. The maximum Gasteiger partial charge on any atom is 0.116 e. The van der Waals surface area contributed by atoms with Crippen LogP contribution >= 0.6 is 0 Å². The van der Waals surface area contributed by atoms with Gasteiger partial charge in [-0.1, -0.05) is 37.6 Å². The fraction of sp³-hybridized carbons (Fsp3) is 0.500. The topological polar surface area (TPSA) is 17.8 Å². The van der Waals surface area contributed by atoms with Crippen molar-refractivity contribution in [1.29, 1.82) is 0 Å². The Bertz CT molecular complexity index is 399. The standard InChI is InChI=1S/C14H20N2/c1-3-4-10-16-11-12(2)15-14(16)13-8-6-5-7-9-13/h5-8,11,13H,3-4,9-10H2,1-2H3. The molecule has 0 fully saturated rings. The molecule has 1 heterocycles. The molecule has 2 nitrogen and oxygen atoms in total. The summed E-state index contributed by atoms with van der Waals surface area (Å²) in [5.74, 6) is 1.70. The third kappa shape index (κ3) is 2.43. The second kappa shape index (κ2) is 5.15. The highest BCUT2D eigenvalue weighted by molar-refractivity contribution is 5.21. The third-order valence-corrected chi connectivity index (χ3v) is 2.99. The van der Waals surface area contributed by atoms with Crippen molar-refractivity contribution in [2.24, 2.45) is 0 Å². The number of allylic oxidation sites excluding steroid dienone is 4. The van der Waals surface area contributed by atoms with Crippen molar-refractivity contribution < 1.29 is 0 Å². The van der Waals surface area contributed by atoms with Crippen LogP contribution in [-0.4, -0.2) is 9.55 Å². The monoisotopic (exact) mass is 216 g/mol. The van der Waals surface area contributed by atoms with Crippen molar-refractivity contribution >= 4 is 0 Å². The highest BCUT2D eigenvalue weighted by Crippen LogP contribution is 2.24. The molecule has 16 heavy (non-hydrogen) atoms. The minimum absolute atomic E-state index is 0.468. The lowest BCUT2D eigenvalue weighted by Gasteiger charge is -2.14. The Balaban J connectivity index is 2.18. The Morgan fingerprint density at radius 1 is 1.44 bits per heavy atom. The number of aryl methyl sites for hydroxylation is 2. The molecule has 1 unspecified atom stereocenters. The molecule has 0 saturated carbocycles. The molecule has 1 aromatic heterocycles. The fourth-order valence-electron chi connectivity index (χ4n) is 2.14. The molecule has 0 aromatic carbocycles. The van der Waals surface area contributed by atoms with Crippen LogP contribution in [0.2, 0.25) is 0 Å². The summed E-state index contributed by atoms with van der Waals surface area (Å²) in [5, 5.41) is 0. The normalized spacial score (nSPS) is 19.2. The van der Waals surface area contributed by atoms with E-state index in [1.165, 1.54) is 18.7 Å². The van der Waals surface area contributed by atoms with Gasteiger partial charge in [-0.2, -0.15) is 0 Å². The van der Waals surface area contributed by atoms with Gasteiger partial charge < -0.3 is 4.57 Å². The van der Waals surface area contributed by atoms with E-state index in [1.54, 1.807) is 0 Å². The first-order valence-corrected chi connectivity index (χ1v) is 6.18. The highest BCUT2D eigenvalue weighted by Gasteiger charge is 2.15. The van der Waals surface area contributed by atoms with E-state index in [-0.39, 0.29) is 0 Å². The van der Waals surface area contributed by atoms with Crippen molar-refractivity contribution in [1.82, 2.24) is 9.55 Å². The summed E-state index contributed by atoms with van der Waals surface area (Å²) in [6.45, 7) is 5.40. The molecule has 2 rings (SSSR count). The Kier molecular flexibility index (Phi) is 3.60. The van der Waals surface area contributed by atoms with Gasteiger partial charge in [-0.15, -0.1) is 0 Å². The van der Waals surface area contributed by atoms with Gasteiger partial charge in [0.2, 0.25) is 0 Å². The Morgan fingerprint density at radius 3 is 3.00 bits per heavy atom. The van der Waals surface area contributed by atoms with E-state index in [0.717, 1.165) is 18.7 Å². The molecule has 0 aliphatic heterocycles. The van der Waals surface area contributed by atoms with Crippen molar-refractivity contribution in [3.05, 3.63) is 42.0 Å². The van der Waals surface area contributed by atoms with Crippen LogP contribution in [-0.2, 0) is 6.54 Å². The minimum Gasteiger partial charge on any atom is -0.334 e. The predicted octanol–water partition coefficient (Wildman–Crippen LogP) is 3.59. The maximum absolute atomic E-state index is 4.67. The molecule has 0 radical (unpaired) electrons. The van der Waals surface area contributed by atoms with Gasteiger partial charge in [-0.25, -0.2) is 4.98 Å².